The summed E-state index contributed by atoms with van der Waals surface area (Å²) in [5.74, 6) is 0.175. The van der Waals surface area contributed by atoms with Crippen molar-refractivity contribution in [2.45, 2.75) is 44.7 Å². The van der Waals surface area contributed by atoms with E-state index in [2.05, 4.69) is 27.2 Å². The minimum atomic E-state index is -2.90. The van der Waals surface area contributed by atoms with E-state index in [1.165, 1.54) is 17.3 Å². The highest BCUT2D eigenvalue weighted by Gasteiger charge is 2.23. The van der Waals surface area contributed by atoms with Gasteiger partial charge in [0.15, 0.2) is 0 Å². The third-order valence-corrected chi connectivity index (χ3v) is 7.21. The summed E-state index contributed by atoms with van der Waals surface area (Å²) in [6, 6.07) is 6.14. The number of rotatable bonds is 7. The lowest BCUT2D eigenvalue weighted by Crippen LogP contribution is -2.42. The lowest BCUT2D eigenvalue weighted by atomic mass is 9.99. The number of hydrogen-bond acceptors (Lipinski definition) is 5. The van der Waals surface area contributed by atoms with Crippen molar-refractivity contribution in [3.63, 3.8) is 0 Å². The molecule has 9 heteroatoms. The molecule has 1 aromatic carbocycles. The Kier molecular flexibility index (Phi) is 9.74. The van der Waals surface area contributed by atoms with E-state index in [1.807, 2.05) is 19.1 Å². The number of benzene rings is 1. The molecule has 0 saturated carbocycles. The zero-order valence-electron chi connectivity index (χ0n) is 21.6. The number of fused-ring (bicyclic) bond motifs is 1. The first-order chi connectivity index (χ1) is 17.8. The van der Waals surface area contributed by atoms with Crippen LogP contribution < -0.4 is 10.2 Å². The van der Waals surface area contributed by atoms with Gasteiger partial charge in [-0.1, -0.05) is 21.4 Å². The van der Waals surface area contributed by atoms with Crippen LogP contribution in [0.15, 0.2) is 53.3 Å². The SMILES string of the molecule is C/C=C1C(=C/C(=O)Nc2ccc3c(c2)N(CCN2CCOCC2)CCC3)/CCCOC/1=C/CC(F)(F)P. The van der Waals surface area contributed by atoms with Gasteiger partial charge in [0.05, 0.1) is 19.8 Å². The van der Waals surface area contributed by atoms with Gasteiger partial charge < -0.3 is 19.7 Å². The molecule has 2 saturated heterocycles. The first-order valence-electron chi connectivity index (χ1n) is 13.2. The van der Waals surface area contributed by atoms with Crippen molar-refractivity contribution in [1.29, 1.82) is 0 Å². The smallest absolute Gasteiger partial charge is 0.262 e. The van der Waals surface area contributed by atoms with Crippen LogP contribution in [0.5, 0.6) is 0 Å². The minimum absolute atomic E-state index is 0.234. The zero-order chi connectivity index (χ0) is 26.3. The summed E-state index contributed by atoms with van der Waals surface area (Å²) in [5.41, 5.74) is 1.84. The molecule has 3 aliphatic rings. The Labute approximate surface area is 220 Å². The summed E-state index contributed by atoms with van der Waals surface area (Å²) in [7, 11) is 1.55. The summed E-state index contributed by atoms with van der Waals surface area (Å²) in [6.45, 7) is 8.75. The van der Waals surface area contributed by atoms with Gasteiger partial charge in [-0.3, -0.25) is 9.69 Å². The topological polar surface area (TPSA) is 54.0 Å². The molecule has 202 valence electrons. The van der Waals surface area contributed by atoms with Gasteiger partial charge in [-0.2, -0.15) is 0 Å². The van der Waals surface area contributed by atoms with E-state index in [4.69, 9.17) is 9.47 Å². The minimum Gasteiger partial charge on any atom is -0.493 e. The monoisotopic (exact) mass is 533 g/mol. The molecular weight excluding hydrogens is 495 g/mol. The molecule has 0 aliphatic carbocycles. The van der Waals surface area contributed by atoms with E-state index in [1.54, 1.807) is 15.3 Å². The van der Waals surface area contributed by atoms with Gasteiger partial charge in [0.1, 0.15) is 5.76 Å². The van der Waals surface area contributed by atoms with Crippen molar-refractivity contribution in [2.75, 3.05) is 62.8 Å². The van der Waals surface area contributed by atoms with Crippen LogP contribution in [-0.2, 0) is 20.7 Å². The lowest BCUT2D eigenvalue weighted by molar-refractivity contribution is -0.112. The fourth-order valence-corrected chi connectivity index (χ4v) is 5.19. The molecule has 4 rings (SSSR count). The number of alkyl halides is 2. The highest BCUT2D eigenvalue weighted by molar-refractivity contribution is 7.18. The Morgan fingerprint density at radius 3 is 2.70 bits per heavy atom. The summed E-state index contributed by atoms with van der Waals surface area (Å²) < 4.78 is 38.0. The number of carbonyl (C=O) groups excluding carboxylic acids is 1. The Morgan fingerprint density at radius 2 is 1.95 bits per heavy atom. The van der Waals surface area contributed by atoms with Gasteiger partial charge in [-0.15, -0.1) is 0 Å². The van der Waals surface area contributed by atoms with Crippen molar-refractivity contribution in [3.8, 4) is 0 Å². The number of allylic oxidation sites excluding steroid dienone is 3. The number of aryl methyl sites for hydroxylation is 1. The van der Waals surface area contributed by atoms with Crippen LogP contribution in [0.1, 0.15) is 38.2 Å². The fraction of sp³-hybridized carbons (Fsp3) is 0.536. The molecule has 0 spiro atoms. The largest absolute Gasteiger partial charge is 0.493 e. The second kappa shape index (κ2) is 13.0. The van der Waals surface area contributed by atoms with E-state index < -0.39 is 12.1 Å². The van der Waals surface area contributed by atoms with Gasteiger partial charge in [-0.25, -0.2) is 8.78 Å². The van der Waals surface area contributed by atoms with E-state index in [9.17, 15) is 13.6 Å². The third-order valence-electron chi connectivity index (χ3n) is 6.97. The number of amides is 1. The molecule has 3 aliphatic heterocycles. The molecule has 1 aromatic rings. The molecule has 2 fully saturated rings. The van der Waals surface area contributed by atoms with E-state index in [0.29, 0.717) is 30.8 Å². The zero-order valence-corrected chi connectivity index (χ0v) is 22.8. The number of morpholine rings is 1. The van der Waals surface area contributed by atoms with E-state index in [-0.39, 0.29) is 5.91 Å². The number of halogens is 2. The molecule has 0 aromatic heterocycles. The van der Waals surface area contributed by atoms with Gasteiger partial charge in [0.2, 0.25) is 5.91 Å². The molecule has 37 heavy (non-hydrogen) atoms. The van der Waals surface area contributed by atoms with Crippen molar-refractivity contribution in [1.82, 2.24) is 4.90 Å². The molecule has 1 amide bonds. The Hall–Kier alpha value is -2.28. The second-order valence-electron chi connectivity index (χ2n) is 9.73. The predicted octanol–water partition coefficient (Wildman–Crippen LogP) is 5.13. The average molecular weight is 534 g/mol. The fourth-order valence-electron chi connectivity index (χ4n) is 5.07. The van der Waals surface area contributed by atoms with Crippen LogP contribution >= 0.6 is 9.24 Å². The molecule has 1 atom stereocenters. The molecular formula is C28H38F2N3O3P. The summed E-state index contributed by atoms with van der Waals surface area (Å²) in [4.78, 5) is 17.9. The van der Waals surface area contributed by atoms with Crippen LogP contribution in [0, 0.1) is 0 Å². The van der Waals surface area contributed by atoms with Crippen molar-refractivity contribution in [2.24, 2.45) is 0 Å². The van der Waals surface area contributed by atoms with E-state index in [0.717, 1.165) is 70.0 Å². The normalized spacial score (nSPS) is 22.6. The maximum atomic E-state index is 13.4. The van der Waals surface area contributed by atoms with Crippen molar-refractivity contribution < 1.29 is 23.0 Å². The molecule has 1 unspecified atom stereocenters. The summed E-state index contributed by atoms with van der Waals surface area (Å²) in [6.07, 6.45) is 7.88. The van der Waals surface area contributed by atoms with Crippen LogP contribution in [0.4, 0.5) is 20.2 Å². The third kappa shape index (κ3) is 8.10. The maximum absolute atomic E-state index is 13.4. The Bertz CT molecular complexity index is 1050. The lowest BCUT2D eigenvalue weighted by Gasteiger charge is -2.34. The Balaban J connectivity index is 1.45. The quantitative estimate of drug-likeness (QED) is 0.389. The van der Waals surface area contributed by atoms with Crippen LogP contribution in [-0.4, -0.2) is 69.0 Å². The summed E-state index contributed by atoms with van der Waals surface area (Å²) >= 11 is 0. The van der Waals surface area contributed by atoms with Gasteiger partial charge in [-0.05, 0) is 62.0 Å². The number of anilines is 2. The number of hydrogen-bond donors (Lipinski definition) is 1. The Morgan fingerprint density at radius 1 is 1.14 bits per heavy atom. The van der Waals surface area contributed by atoms with Crippen molar-refractivity contribution >= 4 is 26.5 Å². The number of nitrogens with one attached hydrogen (secondary N) is 1. The second-order valence-corrected chi connectivity index (χ2v) is 10.6. The predicted molar refractivity (Wildman–Crippen MR) is 147 cm³/mol. The molecule has 6 nitrogen and oxygen atoms in total. The first kappa shape index (κ1) is 27.7. The number of carbonyl (C=O) groups is 1. The molecule has 0 radical (unpaired) electrons. The summed E-state index contributed by atoms with van der Waals surface area (Å²) in [5, 5.41) is 3.02. The molecule has 3 heterocycles. The van der Waals surface area contributed by atoms with Crippen LogP contribution in [0.2, 0.25) is 0 Å². The number of ether oxygens (including phenoxy) is 2. The van der Waals surface area contributed by atoms with Gasteiger partial charge in [0.25, 0.3) is 5.66 Å². The maximum Gasteiger partial charge on any atom is 0.262 e. The molecule has 0 bridgehead atoms. The van der Waals surface area contributed by atoms with Crippen LogP contribution in [0.3, 0.4) is 0 Å². The first-order valence-corrected chi connectivity index (χ1v) is 13.8. The average Bonchev–Trinajstić information content (AvgIpc) is 3.07. The highest BCUT2D eigenvalue weighted by atomic mass is 31.0. The standard InChI is InChI=1S/C28H38F2N3O3P/c1-2-24-22(6-4-16-36-26(24)9-10-28(29,30)37)19-27(34)31-23-8-7-21-5-3-11-33(25(21)20-23)13-12-32-14-17-35-18-15-32/h2,7-9,19-20H,3-6,10-18,37H2,1H3,(H,31,34)/b22-19+,24-2-,26-9+. The van der Waals surface area contributed by atoms with Crippen LogP contribution in [0.25, 0.3) is 0 Å². The van der Waals surface area contributed by atoms with E-state index >= 15 is 0 Å². The highest BCUT2D eigenvalue weighted by Crippen LogP contribution is 2.33. The van der Waals surface area contributed by atoms with Crippen molar-refractivity contribution in [3.05, 3.63) is 58.9 Å². The van der Waals surface area contributed by atoms with Gasteiger partial charge in [0, 0.05) is 62.2 Å². The van der Waals surface area contributed by atoms with Gasteiger partial charge >= 0.3 is 0 Å². The molecule has 1 N–H and O–H groups in total. The number of nitrogens with zero attached hydrogens (tertiary/aromatic N) is 2.